The van der Waals surface area contributed by atoms with Crippen molar-refractivity contribution in [3.8, 4) is 5.75 Å². The van der Waals surface area contributed by atoms with E-state index in [0.717, 1.165) is 17.7 Å². The summed E-state index contributed by atoms with van der Waals surface area (Å²) in [5.41, 5.74) is 1.36. The van der Waals surface area contributed by atoms with Crippen molar-refractivity contribution in [2.75, 3.05) is 32.1 Å². The molecular formula is C26H33F2N3O5Si. The largest absolute Gasteiger partial charge is 0.497 e. The number of nitrogens with one attached hydrogen (secondary N) is 2. The summed E-state index contributed by atoms with van der Waals surface area (Å²) in [6.45, 7) is 7.67. The molecule has 0 bridgehead atoms. The molecule has 2 aromatic rings. The van der Waals surface area contributed by atoms with E-state index in [0.29, 0.717) is 17.7 Å². The molecular weight excluding hydrogens is 500 g/mol. The predicted molar refractivity (Wildman–Crippen MR) is 139 cm³/mol. The molecule has 3 amide bonds. The minimum Gasteiger partial charge on any atom is -0.497 e. The Kier molecular flexibility index (Phi) is 8.90. The van der Waals surface area contributed by atoms with Gasteiger partial charge in [-0.25, -0.2) is 13.6 Å². The summed E-state index contributed by atoms with van der Waals surface area (Å²) in [6.07, 6.45) is 0.454. The fourth-order valence-electron chi connectivity index (χ4n) is 4.41. The molecule has 0 radical (unpaired) electrons. The topological polar surface area (TPSA) is 97.0 Å². The van der Waals surface area contributed by atoms with Crippen molar-refractivity contribution in [2.24, 2.45) is 0 Å². The van der Waals surface area contributed by atoms with Gasteiger partial charge in [-0.15, -0.1) is 0 Å². The first-order valence-electron chi connectivity index (χ1n) is 12.1. The number of anilines is 1. The van der Waals surface area contributed by atoms with Gasteiger partial charge in [0.15, 0.2) is 0 Å². The average molecular weight is 534 g/mol. The summed E-state index contributed by atoms with van der Waals surface area (Å²) >= 11 is 0. The van der Waals surface area contributed by atoms with Crippen LogP contribution in [-0.2, 0) is 20.7 Å². The first-order chi connectivity index (χ1) is 17.5. The zero-order valence-electron chi connectivity index (χ0n) is 21.7. The lowest BCUT2D eigenvalue weighted by Gasteiger charge is -2.36. The Morgan fingerprint density at radius 1 is 1.11 bits per heavy atom. The molecule has 0 spiro atoms. The van der Waals surface area contributed by atoms with E-state index in [9.17, 15) is 23.2 Å². The highest BCUT2D eigenvalue weighted by Gasteiger charge is 2.36. The second-order valence-corrected chi connectivity index (χ2v) is 14.8. The molecule has 1 aliphatic heterocycles. The van der Waals surface area contributed by atoms with E-state index in [1.807, 2.05) is 19.6 Å². The highest BCUT2D eigenvalue weighted by atomic mass is 28.3. The first kappa shape index (κ1) is 28.1. The van der Waals surface area contributed by atoms with Gasteiger partial charge < -0.3 is 25.0 Å². The Hall–Kier alpha value is -3.47. The molecule has 2 N–H and O–H groups in total. The van der Waals surface area contributed by atoms with E-state index < -0.39 is 43.7 Å². The van der Waals surface area contributed by atoms with Crippen molar-refractivity contribution < 1.29 is 32.6 Å². The van der Waals surface area contributed by atoms with Gasteiger partial charge in [0, 0.05) is 24.0 Å². The minimum absolute atomic E-state index is 0.0138. The van der Waals surface area contributed by atoms with Crippen LogP contribution in [0.1, 0.15) is 30.5 Å². The highest BCUT2D eigenvalue weighted by molar-refractivity contribution is 6.88. The van der Waals surface area contributed by atoms with Gasteiger partial charge >= 0.3 is 12.0 Å². The van der Waals surface area contributed by atoms with Crippen molar-refractivity contribution in [2.45, 2.75) is 45.4 Å². The quantitative estimate of drug-likeness (QED) is 0.398. The maximum absolute atomic E-state index is 14.8. The number of carbonyl (C=O) groups excluding carboxylic acids is 3. The molecule has 8 nitrogen and oxygen atoms in total. The third-order valence-corrected chi connectivity index (χ3v) is 8.04. The van der Waals surface area contributed by atoms with Crippen molar-refractivity contribution in [3.63, 3.8) is 0 Å². The van der Waals surface area contributed by atoms with Crippen LogP contribution in [0, 0.1) is 11.6 Å². The van der Waals surface area contributed by atoms with Gasteiger partial charge in [-0.1, -0.05) is 25.7 Å². The molecule has 0 saturated carbocycles. The van der Waals surface area contributed by atoms with E-state index in [2.05, 4.69) is 10.6 Å². The minimum atomic E-state index is -2.30. The number of nitrogens with zero attached hydrogens (tertiary/aromatic N) is 1. The summed E-state index contributed by atoms with van der Waals surface area (Å²) in [6, 6.07) is 5.78. The van der Waals surface area contributed by atoms with E-state index in [4.69, 9.17) is 9.47 Å². The van der Waals surface area contributed by atoms with Crippen LogP contribution in [0.5, 0.6) is 5.75 Å². The zero-order chi connectivity index (χ0) is 27.3. The number of amides is 3. The molecule has 3 rings (SSSR count). The molecule has 200 valence electrons. The van der Waals surface area contributed by atoms with Crippen LogP contribution in [0.25, 0.3) is 0 Å². The number of ether oxygens (including phenoxy) is 2. The molecule has 1 atom stereocenters. The number of rotatable bonds is 8. The van der Waals surface area contributed by atoms with Gasteiger partial charge in [0.05, 0.1) is 28.2 Å². The summed E-state index contributed by atoms with van der Waals surface area (Å²) in [5.74, 6) is -1.88. The maximum atomic E-state index is 14.8. The van der Waals surface area contributed by atoms with Crippen molar-refractivity contribution in [3.05, 3.63) is 53.1 Å². The van der Waals surface area contributed by atoms with Crippen LogP contribution in [0.15, 0.2) is 30.3 Å². The van der Waals surface area contributed by atoms with Gasteiger partial charge in [-0.05, 0) is 48.7 Å². The molecule has 0 aromatic heterocycles. The molecule has 1 unspecified atom stereocenters. The van der Waals surface area contributed by atoms with Gasteiger partial charge in [-0.2, -0.15) is 0 Å². The number of halogens is 2. The van der Waals surface area contributed by atoms with Crippen LogP contribution in [0.2, 0.25) is 19.6 Å². The number of hydrogen-bond acceptors (Lipinski definition) is 5. The molecule has 0 saturated heterocycles. The fraction of sp³-hybridized carbons (Fsp3) is 0.423. The molecule has 2 aromatic carbocycles. The molecule has 0 fully saturated rings. The van der Waals surface area contributed by atoms with Gasteiger partial charge in [0.2, 0.25) is 0 Å². The number of hydrogen-bond donors (Lipinski definition) is 2. The monoisotopic (exact) mass is 533 g/mol. The molecule has 1 heterocycles. The van der Waals surface area contributed by atoms with Gasteiger partial charge in [0.25, 0.3) is 5.91 Å². The summed E-state index contributed by atoms with van der Waals surface area (Å²) in [7, 11) is -0.762. The van der Waals surface area contributed by atoms with Crippen molar-refractivity contribution in [1.82, 2.24) is 10.2 Å². The number of carbonyl (C=O) groups is 3. The second kappa shape index (κ2) is 11.7. The Balaban J connectivity index is 1.88. The Morgan fingerprint density at radius 2 is 1.78 bits per heavy atom. The summed E-state index contributed by atoms with van der Waals surface area (Å²) in [5, 5.41) is 5.30. The summed E-state index contributed by atoms with van der Waals surface area (Å²) < 4.78 is 39.8. The Bertz CT molecular complexity index is 1160. The molecule has 37 heavy (non-hydrogen) atoms. The SMILES string of the molecule is CCOC(=O)CCNC(=O)N1CCc2cc(OC)ccc2C1C(=O)Nc1cc(F)c([Si](C)(C)C)c(F)c1. The molecule has 1 aliphatic rings. The van der Waals surface area contributed by atoms with Crippen LogP contribution in [-0.4, -0.2) is 57.7 Å². The number of urea groups is 1. The molecule has 11 heteroatoms. The number of esters is 1. The third kappa shape index (κ3) is 6.65. The van der Waals surface area contributed by atoms with Crippen molar-refractivity contribution in [1.29, 1.82) is 0 Å². The smallest absolute Gasteiger partial charge is 0.318 e. The lowest BCUT2D eigenvalue weighted by molar-refractivity contribution is -0.142. The number of methoxy groups -OCH3 is 1. The standard InChI is InChI=1S/C26H33F2N3O5Si/c1-6-36-22(32)9-11-29-26(34)31-12-10-16-13-18(35-2)7-8-19(16)23(31)25(33)30-17-14-20(27)24(21(28)15-17)37(3,4)5/h7-8,13-15,23H,6,9-12H2,1-5H3,(H,29,34)(H,30,33). The van der Waals surface area contributed by atoms with Crippen LogP contribution < -0.4 is 20.6 Å². The Labute approximate surface area is 216 Å². The normalized spacial score (nSPS) is 15.0. The number of fused-ring (bicyclic) bond motifs is 1. The fourth-order valence-corrected chi connectivity index (χ4v) is 5.99. The van der Waals surface area contributed by atoms with Gasteiger partial charge in [-0.3, -0.25) is 9.59 Å². The predicted octanol–water partition coefficient (Wildman–Crippen LogP) is 3.72. The first-order valence-corrected chi connectivity index (χ1v) is 15.6. The van der Waals surface area contributed by atoms with E-state index in [1.54, 1.807) is 25.1 Å². The van der Waals surface area contributed by atoms with E-state index in [1.165, 1.54) is 12.0 Å². The number of benzene rings is 2. The van der Waals surface area contributed by atoms with Crippen LogP contribution >= 0.6 is 0 Å². The zero-order valence-corrected chi connectivity index (χ0v) is 22.7. The Morgan fingerprint density at radius 3 is 2.38 bits per heavy atom. The van der Waals surface area contributed by atoms with Crippen LogP contribution in [0.4, 0.5) is 19.3 Å². The average Bonchev–Trinajstić information content (AvgIpc) is 2.81. The molecule has 0 aliphatic carbocycles. The summed E-state index contributed by atoms with van der Waals surface area (Å²) in [4.78, 5) is 39.5. The third-order valence-electron chi connectivity index (χ3n) is 6.06. The highest BCUT2D eigenvalue weighted by Crippen LogP contribution is 2.33. The maximum Gasteiger partial charge on any atom is 0.318 e. The van der Waals surface area contributed by atoms with E-state index >= 15 is 0 Å². The van der Waals surface area contributed by atoms with Crippen LogP contribution in [0.3, 0.4) is 0 Å². The second-order valence-electron chi connectivity index (χ2n) is 9.75. The van der Waals surface area contributed by atoms with E-state index in [-0.39, 0.29) is 37.0 Å². The van der Waals surface area contributed by atoms with Gasteiger partial charge in [0.1, 0.15) is 23.4 Å². The van der Waals surface area contributed by atoms with Crippen molar-refractivity contribution >= 4 is 36.9 Å². The lowest BCUT2D eigenvalue weighted by Crippen LogP contribution is -2.49. The lowest BCUT2D eigenvalue weighted by atomic mass is 9.91.